The van der Waals surface area contributed by atoms with Gasteiger partial charge in [-0.05, 0) is 88.8 Å². The lowest BCUT2D eigenvalue weighted by atomic mass is 10.1. The lowest BCUT2D eigenvalue weighted by Crippen LogP contribution is -2.29. The van der Waals surface area contributed by atoms with Crippen LogP contribution < -0.4 is 19.6 Å². The maximum atomic E-state index is 13.2. The SMILES string of the molecule is CCN(CC)c1nc(-n2cc(C(=O)OC(=O)c3cnn(-c4nc(N(C)C)c5cc(N6CCCCC6)ccc5n4)c3)cn2)nc2ccc(N3CCCCC3)cc12. The number of nitrogens with zero attached hydrogens (tertiary/aromatic N) is 12. The lowest BCUT2D eigenvalue weighted by Gasteiger charge is -2.29. The van der Waals surface area contributed by atoms with Crippen LogP contribution in [-0.2, 0) is 4.74 Å². The molecule has 2 aliphatic rings. The number of ether oxygens (including phenoxy) is 1. The third kappa shape index (κ3) is 7.25. The number of fused-ring (bicyclic) bond motifs is 2. The Morgan fingerprint density at radius 1 is 0.636 bits per heavy atom. The van der Waals surface area contributed by atoms with Gasteiger partial charge in [-0.2, -0.15) is 20.2 Å². The first kappa shape index (κ1) is 35.9. The van der Waals surface area contributed by atoms with Crippen LogP contribution in [0.5, 0.6) is 0 Å². The van der Waals surface area contributed by atoms with Gasteiger partial charge in [-0.1, -0.05) is 0 Å². The number of rotatable bonds is 10. The molecule has 15 heteroatoms. The summed E-state index contributed by atoms with van der Waals surface area (Å²) in [5.74, 6) is 0.400. The average molecular weight is 743 g/mol. The number of anilines is 4. The van der Waals surface area contributed by atoms with E-state index < -0.39 is 11.9 Å². The van der Waals surface area contributed by atoms with E-state index >= 15 is 0 Å². The van der Waals surface area contributed by atoms with Gasteiger partial charge >= 0.3 is 11.9 Å². The lowest BCUT2D eigenvalue weighted by molar-refractivity contribution is 0.0397. The quantitative estimate of drug-likeness (QED) is 0.123. The third-order valence-electron chi connectivity index (χ3n) is 10.5. The summed E-state index contributed by atoms with van der Waals surface area (Å²) < 4.78 is 8.11. The van der Waals surface area contributed by atoms with Crippen LogP contribution in [0.1, 0.15) is 73.1 Å². The minimum Gasteiger partial charge on any atom is -0.386 e. The van der Waals surface area contributed by atoms with Crippen molar-refractivity contribution in [3.8, 4) is 11.9 Å². The summed E-state index contributed by atoms with van der Waals surface area (Å²) in [5, 5.41) is 10.6. The fourth-order valence-electron chi connectivity index (χ4n) is 7.46. The molecule has 6 aromatic rings. The van der Waals surface area contributed by atoms with Crippen molar-refractivity contribution in [2.24, 2.45) is 0 Å². The summed E-state index contributed by atoms with van der Waals surface area (Å²) in [7, 11) is 3.86. The molecule has 0 N–H and O–H groups in total. The van der Waals surface area contributed by atoms with Gasteiger partial charge in [-0.3, -0.25) is 0 Å². The van der Waals surface area contributed by atoms with E-state index in [-0.39, 0.29) is 17.1 Å². The molecule has 0 amide bonds. The molecule has 8 rings (SSSR count). The minimum absolute atomic E-state index is 0.0712. The molecule has 0 saturated carbocycles. The van der Waals surface area contributed by atoms with E-state index in [0.717, 1.165) is 78.4 Å². The summed E-state index contributed by atoms with van der Waals surface area (Å²) in [6, 6.07) is 12.5. The van der Waals surface area contributed by atoms with Crippen molar-refractivity contribution in [2.45, 2.75) is 52.4 Å². The molecule has 0 aliphatic carbocycles. The molecule has 15 nitrogen and oxygen atoms in total. The van der Waals surface area contributed by atoms with Crippen molar-refractivity contribution >= 4 is 56.8 Å². The molecule has 4 aromatic heterocycles. The third-order valence-corrected chi connectivity index (χ3v) is 10.5. The smallest absolute Gasteiger partial charge is 0.349 e. The summed E-state index contributed by atoms with van der Waals surface area (Å²) in [6.45, 7) is 9.86. The monoisotopic (exact) mass is 742 g/mol. The number of carbonyl (C=O) groups excluding carboxylic acids is 2. The fraction of sp³-hybridized carbons (Fsp3) is 0.400. The Balaban J connectivity index is 1.01. The zero-order valence-corrected chi connectivity index (χ0v) is 31.9. The Morgan fingerprint density at radius 3 is 1.55 bits per heavy atom. The van der Waals surface area contributed by atoms with Crippen LogP contribution in [0.2, 0.25) is 0 Å². The van der Waals surface area contributed by atoms with Crippen LogP contribution in [0.3, 0.4) is 0 Å². The summed E-state index contributed by atoms with van der Waals surface area (Å²) in [4.78, 5) is 54.6. The predicted molar refractivity (Wildman–Crippen MR) is 213 cm³/mol. The number of carbonyl (C=O) groups is 2. The van der Waals surface area contributed by atoms with Gasteiger partial charge in [0, 0.05) is 87.9 Å². The van der Waals surface area contributed by atoms with Crippen molar-refractivity contribution in [3.05, 3.63) is 72.3 Å². The summed E-state index contributed by atoms with van der Waals surface area (Å²) >= 11 is 0. The van der Waals surface area contributed by atoms with Gasteiger partial charge in [0.05, 0.1) is 34.6 Å². The molecular weight excluding hydrogens is 697 g/mol. The highest BCUT2D eigenvalue weighted by atomic mass is 16.6. The van der Waals surface area contributed by atoms with E-state index in [1.165, 1.54) is 78.4 Å². The maximum Gasteiger partial charge on any atom is 0.349 e. The normalized spacial score (nSPS) is 14.8. The standard InChI is InChI=1S/C40H46N12O3/c1-5-48(6-2)36-32-22-30(50-19-11-8-12-20-50)14-16-34(32)44-40(46-36)52-26-28(24-42-52)38(54)55-37(53)27-23-41-51(25-27)39-43-33-15-13-29(49-17-9-7-10-18-49)21-31(33)35(45-39)47(3)4/h13-16,21-26H,5-12,17-20H2,1-4H3. The second-order valence-corrected chi connectivity index (χ2v) is 14.3. The van der Waals surface area contributed by atoms with E-state index in [2.05, 4.69) is 63.0 Å². The molecule has 0 bridgehead atoms. The molecule has 2 aliphatic heterocycles. The molecule has 6 heterocycles. The van der Waals surface area contributed by atoms with Crippen LogP contribution >= 0.6 is 0 Å². The second kappa shape index (κ2) is 15.3. The average Bonchev–Trinajstić information content (AvgIpc) is 3.93. The molecule has 284 valence electrons. The Hall–Kier alpha value is -6.12. The van der Waals surface area contributed by atoms with E-state index in [9.17, 15) is 9.59 Å². The first-order valence-corrected chi connectivity index (χ1v) is 19.2. The largest absolute Gasteiger partial charge is 0.386 e. The van der Waals surface area contributed by atoms with Gasteiger partial charge in [-0.15, -0.1) is 0 Å². The molecule has 0 radical (unpaired) electrons. The number of benzene rings is 2. The summed E-state index contributed by atoms with van der Waals surface area (Å²) in [6.07, 6.45) is 12.9. The number of hydrogen-bond donors (Lipinski definition) is 0. The van der Waals surface area contributed by atoms with Gasteiger partial charge in [0.25, 0.3) is 11.9 Å². The summed E-state index contributed by atoms with van der Waals surface area (Å²) in [5.41, 5.74) is 3.99. The second-order valence-electron chi connectivity index (χ2n) is 14.3. The van der Waals surface area contributed by atoms with E-state index in [1.807, 2.05) is 31.1 Å². The predicted octanol–water partition coefficient (Wildman–Crippen LogP) is 5.83. The Labute approximate surface area is 319 Å². The van der Waals surface area contributed by atoms with Crippen LogP contribution in [0.4, 0.5) is 23.0 Å². The van der Waals surface area contributed by atoms with Crippen LogP contribution in [0.25, 0.3) is 33.7 Å². The van der Waals surface area contributed by atoms with E-state index in [0.29, 0.717) is 5.95 Å². The highest BCUT2D eigenvalue weighted by molar-refractivity contribution is 6.02. The molecule has 0 unspecified atom stereocenters. The maximum absolute atomic E-state index is 13.2. The Bertz CT molecular complexity index is 2350. The molecule has 55 heavy (non-hydrogen) atoms. The molecule has 0 atom stereocenters. The molecule has 2 saturated heterocycles. The van der Waals surface area contributed by atoms with Crippen molar-refractivity contribution < 1.29 is 14.3 Å². The van der Waals surface area contributed by atoms with Gasteiger partial charge in [-0.25, -0.2) is 28.9 Å². The van der Waals surface area contributed by atoms with Crippen molar-refractivity contribution in [3.63, 3.8) is 0 Å². The highest BCUT2D eigenvalue weighted by Gasteiger charge is 2.23. The van der Waals surface area contributed by atoms with Crippen molar-refractivity contribution in [1.29, 1.82) is 0 Å². The molecular formula is C40H46N12O3. The zero-order valence-electron chi connectivity index (χ0n) is 31.9. The zero-order chi connectivity index (χ0) is 38.1. The van der Waals surface area contributed by atoms with E-state index in [1.54, 1.807) is 0 Å². The van der Waals surface area contributed by atoms with Crippen LogP contribution in [0.15, 0.2) is 61.2 Å². The fourth-order valence-corrected chi connectivity index (χ4v) is 7.46. The van der Waals surface area contributed by atoms with Crippen LogP contribution in [0, 0.1) is 0 Å². The molecule has 2 fully saturated rings. The molecule has 2 aromatic carbocycles. The Kier molecular flexibility index (Phi) is 10.00. The minimum atomic E-state index is -0.862. The number of aromatic nitrogens is 8. The van der Waals surface area contributed by atoms with Gasteiger partial charge in [0.2, 0.25) is 0 Å². The topological polar surface area (TPSA) is 144 Å². The first-order chi connectivity index (χ1) is 26.8. The highest BCUT2D eigenvalue weighted by Crippen LogP contribution is 2.32. The number of piperidine rings is 2. The van der Waals surface area contributed by atoms with Crippen LogP contribution in [-0.4, -0.2) is 105 Å². The van der Waals surface area contributed by atoms with Gasteiger partial charge in [0.1, 0.15) is 11.6 Å². The number of esters is 2. The van der Waals surface area contributed by atoms with Crippen molar-refractivity contribution in [1.82, 2.24) is 39.5 Å². The first-order valence-electron chi connectivity index (χ1n) is 19.2. The van der Waals surface area contributed by atoms with Crippen molar-refractivity contribution in [2.75, 3.05) is 73.0 Å². The van der Waals surface area contributed by atoms with Gasteiger partial charge < -0.3 is 24.3 Å². The number of hydrogen-bond acceptors (Lipinski definition) is 13. The molecule has 0 spiro atoms. The van der Waals surface area contributed by atoms with Gasteiger partial charge in [0.15, 0.2) is 0 Å². The van der Waals surface area contributed by atoms with E-state index in [4.69, 9.17) is 24.7 Å². The Morgan fingerprint density at radius 2 is 1.09 bits per heavy atom.